The van der Waals surface area contributed by atoms with E-state index >= 15 is 0 Å². The van der Waals surface area contributed by atoms with E-state index in [0.29, 0.717) is 18.0 Å². The number of para-hydroxylation sites is 1. The van der Waals surface area contributed by atoms with Crippen molar-refractivity contribution in [3.8, 4) is 11.5 Å². The molecule has 7 heteroatoms. The van der Waals surface area contributed by atoms with Crippen LogP contribution in [-0.4, -0.2) is 24.7 Å². The molecule has 0 saturated heterocycles. The van der Waals surface area contributed by atoms with Crippen LogP contribution in [0.25, 0.3) is 10.9 Å². The molecule has 1 heterocycles. The van der Waals surface area contributed by atoms with E-state index in [4.69, 9.17) is 9.47 Å². The fraction of sp³-hybridized carbons (Fsp3) is 0.192. The van der Waals surface area contributed by atoms with Crippen molar-refractivity contribution < 1.29 is 23.0 Å². The molecule has 3 aromatic carbocycles. The molecule has 170 valence electrons. The van der Waals surface area contributed by atoms with E-state index in [-0.39, 0.29) is 24.4 Å². The van der Waals surface area contributed by atoms with E-state index in [1.165, 1.54) is 18.2 Å². The summed E-state index contributed by atoms with van der Waals surface area (Å²) in [7, 11) is 3.21. The van der Waals surface area contributed by atoms with Crippen molar-refractivity contribution in [1.82, 2.24) is 9.88 Å². The average Bonchev–Trinajstić information content (AvgIpc) is 3.15. The van der Waals surface area contributed by atoms with Crippen molar-refractivity contribution in [1.29, 1.82) is 0 Å². The van der Waals surface area contributed by atoms with E-state index in [2.05, 4.69) is 9.88 Å². The quantitative estimate of drug-likeness (QED) is 0.418. The van der Waals surface area contributed by atoms with Gasteiger partial charge in [0.15, 0.2) is 0 Å². The van der Waals surface area contributed by atoms with E-state index in [9.17, 15) is 13.6 Å². The molecule has 0 bridgehead atoms. The molecule has 0 unspecified atom stereocenters. The normalized spacial score (nSPS) is 10.9. The number of halogens is 2. The van der Waals surface area contributed by atoms with Gasteiger partial charge < -0.3 is 19.4 Å². The van der Waals surface area contributed by atoms with Gasteiger partial charge in [-0.1, -0.05) is 24.3 Å². The third kappa shape index (κ3) is 4.98. The minimum Gasteiger partial charge on any atom is -0.497 e. The molecule has 4 rings (SSSR count). The second-order valence-corrected chi connectivity index (χ2v) is 7.67. The zero-order chi connectivity index (χ0) is 23.4. The number of hydrogen-bond donors (Lipinski definition) is 1. The molecular formula is C26H24F2N2O3. The third-order valence-corrected chi connectivity index (χ3v) is 5.51. The van der Waals surface area contributed by atoms with E-state index in [0.717, 1.165) is 22.0 Å². The predicted octanol–water partition coefficient (Wildman–Crippen LogP) is 4.84. The first-order valence-electron chi connectivity index (χ1n) is 10.5. The number of ether oxygens (including phenoxy) is 2. The Hall–Kier alpha value is -3.87. The van der Waals surface area contributed by atoms with Gasteiger partial charge in [-0.05, 0) is 41.5 Å². The largest absolute Gasteiger partial charge is 0.497 e. The lowest BCUT2D eigenvalue weighted by Gasteiger charge is -2.10. The van der Waals surface area contributed by atoms with E-state index in [1.54, 1.807) is 14.2 Å². The molecule has 0 radical (unpaired) electrons. The van der Waals surface area contributed by atoms with Gasteiger partial charge in [0.25, 0.3) is 0 Å². The lowest BCUT2D eigenvalue weighted by atomic mass is 10.1. The highest BCUT2D eigenvalue weighted by Gasteiger charge is 2.14. The van der Waals surface area contributed by atoms with Crippen LogP contribution in [0, 0.1) is 11.6 Å². The summed E-state index contributed by atoms with van der Waals surface area (Å²) in [6, 6.07) is 17.1. The number of fused-ring (bicyclic) bond motifs is 1. The zero-order valence-electron chi connectivity index (χ0n) is 18.4. The monoisotopic (exact) mass is 450 g/mol. The van der Waals surface area contributed by atoms with Gasteiger partial charge >= 0.3 is 0 Å². The van der Waals surface area contributed by atoms with Gasteiger partial charge in [-0.2, -0.15) is 0 Å². The summed E-state index contributed by atoms with van der Waals surface area (Å²) in [6.45, 7) is 0.343. The van der Waals surface area contributed by atoms with Crippen molar-refractivity contribution in [3.63, 3.8) is 0 Å². The molecule has 4 aromatic rings. The molecule has 0 spiro atoms. The maximum absolute atomic E-state index is 13.8. The molecule has 33 heavy (non-hydrogen) atoms. The van der Waals surface area contributed by atoms with E-state index < -0.39 is 11.6 Å². The van der Waals surface area contributed by atoms with Crippen LogP contribution >= 0.6 is 0 Å². The van der Waals surface area contributed by atoms with Gasteiger partial charge in [-0.3, -0.25) is 4.79 Å². The Labute approximate surface area is 190 Å². The third-order valence-electron chi connectivity index (χ3n) is 5.51. The van der Waals surface area contributed by atoms with Crippen LogP contribution in [0.4, 0.5) is 8.78 Å². The number of amides is 1. The number of aromatic nitrogens is 1. The Kier molecular flexibility index (Phi) is 6.58. The number of benzene rings is 3. The first-order chi connectivity index (χ1) is 16.0. The number of carbonyl (C=O) groups is 1. The first kappa shape index (κ1) is 22.3. The van der Waals surface area contributed by atoms with Crippen LogP contribution in [0.5, 0.6) is 11.5 Å². The molecule has 0 fully saturated rings. The predicted molar refractivity (Wildman–Crippen MR) is 122 cm³/mol. The summed E-state index contributed by atoms with van der Waals surface area (Å²) in [5, 5.41) is 3.57. The van der Waals surface area contributed by atoms with Gasteiger partial charge in [0.2, 0.25) is 5.91 Å². The Balaban J connectivity index is 1.55. The van der Waals surface area contributed by atoms with Gasteiger partial charge in [0, 0.05) is 41.8 Å². The second-order valence-electron chi connectivity index (χ2n) is 7.67. The summed E-state index contributed by atoms with van der Waals surface area (Å²) in [5.41, 5.74) is 2.63. The fourth-order valence-corrected chi connectivity index (χ4v) is 3.87. The molecule has 5 nitrogen and oxygen atoms in total. The smallest absolute Gasteiger partial charge is 0.224 e. The number of nitrogens with one attached hydrogen (secondary N) is 1. The number of nitrogens with zero attached hydrogens (tertiary/aromatic N) is 1. The van der Waals surface area contributed by atoms with Crippen molar-refractivity contribution in [3.05, 3.63) is 95.2 Å². The Bertz CT molecular complexity index is 1260. The number of carbonyl (C=O) groups excluding carboxylic acids is 1. The molecule has 0 aliphatic carbocycles. The lowest BCUT2D eigenvalue weighted by molar-refractivity contribution is -0.120. The molecule has 0 aliphatic rings. The van der Waals surface area contributed by atoms with Crippen molar-refractivity contribution in [2.24, 2.45) is 0 Å². The summed E-state index contributed by atoms with van der Waals surface area (Å²) >= 11 is 0. The first-order valence-corrected chi connectivity index (χ1v) is 10.5. The standard InChI is InChI=1S/C26H24F2N2O3/c1-32-19-10-17(11-20(13-19)33-2)15-30-16-18(21-6-3-4-9-25(21)30)12-26(31)29-14-22-23(27)7-5-8-24(22)28/h3-11,13,16H,12,14-15H2,1-2H3,(H,29,31). The molecule has 0 aliphatic heterocycles. The highest BCUT2D eigenvalue weighted by Crippen LogP contribution is 2.26. The fourth-order valence-electron chi connectivity index (χ4n) is 3.87. The van der Waals surface area contributed by atoms with Crippen LogP contribution < -0.4 is 14.8 Å². The van der Waals surface area contributed by atoms with Crippen LogP contribution in [0.1, 0.15) is 16.7 Å². The summed E-state index contributed by atoms with van der Waals surface area (Å²) in [6.07, 6.45) is 2.02. The van der Waals surface area contributed by atoms with Crippen LogP contribution in [0.15, 0.2) is 66.9 Å². The van der Waals surface area contributed by atoms with Gasteiger partial charge in [-0.15, -0.1) is 0 Å². The summed E-state index contributed by atoms with van der Waals surface area (Å²) in [5.74, 6) is -0.286. The van der Waals surface area contributed by atoms with Gasteiger partial charge in [0.05, 0.1) is 20.6 Å². The SMILES string of the molecule is COc1cc(Cn2cc(CC(=O)NCc3c(F)cccc3F)c3ccccc32)cc(OC)c1. The van der Waals surface area contributed by atoms with Gasteiger partial charge in [-0.25, -0.2) is 8.78 Å². The Morgan fingerprint density at radius 2 is 1.61 bits per heavy atom. The highest BCUT2D eigenvalue weighted by molar-refractivity contribution is 5.89. The summed E-state index contributed by atoms with van der Waals surface area (Å²) in [4.78, 5) is 12.6. The summed E-state index contributed by atoms with van der Waals surface area (Å²) < 4.78 is 40.5. The van der Waals surface area contributed by atoms with Crippen molar-refractivity contribution >= 4 is 16.8 Å². The highest BCUT2D eigenvalue weighted by atomic mass is 19.1. The molecule has 0 saturated carbocycles. The van der Waals surface area contributed by atoms with Crippen LogP contribution in [0.3, 0.4) is 0 Å². The maximum Gasteiger partial charge on any atom is 0.224 e. The van der Waals surface area contributed by atoms with Gasteiger partial charge in [0.1, 0.15) is 23.1 Å². The number of methoxy groups -OCH3 is 2. The minimum atomic E-state index is -0.680. The Morgan fingerprint density at radius 1 is 0.939 bits per heavy atom. The topological polar surface area (TPSA) is 52.5 Å². The molecular weight excluding hydrogens is 426 g/mol. The molecule has 0 atom stereocenters. The zero-order valence-corrected chi connectivity index (χ0v) is 18.4. The number of rotatable bonds is 8. The maximum atomic E-state index is 13.8. The number of hydrogen-bond acceptors (Lipinski definition) is 3. The van der Waals surface area contributed by atoms with Crippen LogP contribution in [0.2, 0.25) is 0 Å². The van der Waals surface area contributed by atoms with E-state index in [1.807, 2.05) is 48.7 Å². The molecule has 1 amide bonds. The lowest BCUT2D eigenvalue weighted by Crippen LogP contribution is -2.25. The Morgan fingerprint density at radius 3 is 2.27 bits per heavy atom. The average molecular weight is 450 g/mol. The molecule has 1 N–H and O–H groups in total. The second kappa shape index (κ2) is 9.73. The van der Waals surface area contributed by atoms with Crippen molar-refractivity contribution in [2.75, 3.05) is 14.2 Å². The van der Waals surface area contributed by atoms with Crippen molar-refractivity contribution in [2.45, 2.75) is 19.5 Å². The minimum absolute atomic E-state index is 0.0883. The molecule has 1 aromatic heterocycles. The van der Waals surface area contributed by atoms with Crippen LogP contribution in [-0.2, 0) is 24.3 Å².